The van der Waals surface area contributed by atoms with Crippen LogP contribution >= 0.6 is 11.6 Å². The molecular formula is C33H32ClF6N9O6. The minimum absolute atomic E-state index is 0.00861. The maximum Gasteiger partial charge on any atom is 0.490 e. The molecule has 0 atom stereocenters. The van der Waals surface area contributed by atoms with Crippen LogP contribution in [0, 0.1) is 5.92 Å². The topological polar surface area (TPSA) is 205 Å². The predicted octanol–water partition coefficient (Wildman–Crippen LogP) is 5.99. The van der Waals surface area contributed by atoms with Crippen molar-refractivity contribution in [2.45, 2.75) is 44.5 Å². The van der Waals surface area contributed by atoms with Crippen molar-refractivity contribution in [1.82, 2.24) is 29.6 Å². The van der Waals surface area contributed by atoms with Crippen LogP contribution in [-0.2, 0) is 34.3 Å². The van der Waals surface area contributed by atoms with E-state index in [1.165, 1.54) is 0 Å². The highest BCUT2D eigenvalue weighted by molar-refractivity contribution is 6.32. The van der Waals surface area contributed by atoms with Crippen molar-refractivity contribution in [1.29, 1.82) is 0 Å². The molecule has 3 aromatic heterocycles. The third-order valence-electron chi connectivity index (χ3n) is 7.93. The highest BCUT2D eigenvalue weighted by Crippen LogP contribution is 2.30. The van der Waals surface area contributed by atoms with E-state index in [0.29, 0.717) is 48.3 Å². The number of nitrogens with one attached hydrogen (secondary N) is 3. The Bertz CT molecular complexity index is 2000. The lowest BCUT2D eigenvalue weighted by atomic mass is 9.92. The van der Waals surface area contributed by atoms with Crippen molar-refractivity contribution in [3.63, 3.8) is 0 Å². The number of carbonyl (C=O) groups is 4. The van der Waals surface area contributed by atoms with Gasteiger partial charge >= 0.3 is 24.3 Å². The quantitative estimate of drug-likeness (QED) is 0.151. The summed E-state index contributed by atoms with van der Waals surface area (Å²) in [4.78, 5) is 58.7. The number of anilines is 5. The Morgan fingerprint density at radius 1 is 0.909 bits per heavy atom. The van der Waals surface area contributed by atoms with E-state index < -0.39 is 24.3 Å². The van der Waals surface area contributed by atoms with E-state index in [0.717, 1.165) is 47.5 Å². The average molecular weight is 800 g/mol. The molecule has 15 nitrogen and oxygen atoms in total. The van der Waals surface area contributed by atoms with Gasteiger partial charge in [0, 0.05) is 50.3 Å². The van der Waals surface area contributed by atoms with Crippen LogP contribution in [0.25, 0.3) is 0 Å². The number of fused-ring (bicyclic) bond motifs is 6. The predicted molar refractivity (Wildman–Crippen MR) is 184 cm³/mol. The number of aromatic nitrogens is 5. The zero-order valence-corrected chi connectivity index (χ0v) is 29.3. The number of aliphatic carboxylic acids is 2. The Morgan fingerprint density at radius 2 is 1.56 bits per heavy atom. The summed E-state index contributed by atoms with van der Waals surface area (Å²) < 4.78 is 65.1. The molecule has 5 heterocycles. The second-order valence-electron chi connectivity index (χ2n) is 12.1. The second-order valence-corrected chi connectivity index (χ2v) is 12.5. The molecule has 1 aromatic carbocycles. The number of aryl methyl sites for hydroxylation is 3. The number of hydrogen-bond donors (Lipinski definition) is 5. The lowest BCUT2D eigenvalue weighted by Gasteiger charge is -2.31. The second kappa shape index (κ2) is 17.9. The number of hydrogen-bond acceptors (Lipinski definition) is 10. The molecule has 0 unspecified atom stereocenters. The third-order valence-corrected chi connectivity index (χ3v) is 8.21. The number of halogens is 7. The molecule has 0 spiro atoms. The third kappa shape index (κ3) is 12.5. The van der Waals surface area contributed by atoms with Crippen molar-refractivity contribution in [3.05, 3.63) is 77.0 Å². The van der Waals surface area contributed by atoms with Crippen molar-refractivity contribution in [2.24, 2.45) is 13.0 Å². The first-order chi connectivity index (χ1) is 25.8. The van der Waals surface area contributed by atoms with Crippen molar-refractivity contribution < 1.29 is 55.7 Å². The van der Waals surface area contributed by atoms with Gasteiger partial charge in [-0.15, -0.1) is 0 Å². The molecule has 4 aromatic rings. The first-order valence-electron chi connectivity index (χ1n) is 16.1. The van der Waals surface area contributed by atoms with Gasteiger partial charge in [0.2, 0.25) is 11.9 Å². The summed E-state index contributed by atoms with van der Waals surface area (Å²) in [7, 11) is 1.80. The van der Waals surface area contributed by atoms with E-state index in [9.17, 15) is 35.9 Å². The van der Waals surface area contributed by atoms with Crippen molar-refractivity contribution >= 4 is 64.2 Å². The molecule has 2 aliphatic rings. The molecule has 6 bridgehead atoms. The largest absolute Gasteiger partial charge is 0.490 e. The molecule has 55 heavy (non-hydrogen) atoms. The number of carboxylic acids is 2. The lowest BCUT2D eigenvalue weighted by molar-refractivity contribution is -0.193. The van der Waals surface area contributed by atoms with Crippen LogP contribution in [0.3, 0.4) is 0 Å². The number of benzene rings is 1. The number of rotatable bonds is 4. The summed E-state index contributed by atoms with van der Waals surface area (Å²) in [6.45, 7) is 1.26. The van der Waals surface area contributed by atoms with Crippen LogP contribution in [0.5, 0.6) is 0 Å². The van der Waals surface area contributed by atoms with Crippen molar-refractivity contribution in [2.75, 3.05) is 29.0 Å². The van der Waals surface area contributed by atoms with Gasteiger partial charge in [0.1, 0.15) is 5.02 Å². The van der Waals surface area contributed by atoms with E-state index in [4.69, 9.17) is 31.4 Å². The van der Waals surface area contributed by atoms with Gasteiger partial charge in [0.15, 0.2) is 5.82 Å². The Hall–Kier alpha value is -5.99. The molecule has 294 valence electrons. The number of pyridine rings is 1. The van der Waals surface area contributed by atoms with Crippen LogP contribution in [0.15, 0.2) is 55.2 Å². The molecule has 1 saturated heterocycles. The molecule has 6 rings (SSSR count). The zero-order chi connectivity index (χ0) is 40.5. The molecule has 0 aliphatic carbocycles. The van der Waals surface area contributed by atoms with Crippen LogP contribution in [0.1, 0.15) is 40.7 Å². The Balaban J connectivity index is 0.000000410. The number of likely N-dealkylation sites (tertiary alicyclic amines) is 1. The highest BCUT2D eigenvalue weighted by Gasteiger charge is 2.39. The van der Waals surface area contributed by atoms with Crippen LogP contribution in [-0.4, -0.2) is 89.0 Å². The molecule has 0 radical (unpaired) electrons. The van der Waals surface area contributed by atoms with Crippen LogP contribution in [0.2, 0.25) is 5.02 Å². The summed E-state index contributed by atoms with van der Waals surface area (Å²) >= 11 is 6.37. The summed E-state index contributed by atoms with van der Waals surface area (Å²) in [6, 6.07) is 7.84. The molecular weight excluding hydrogens is 768 g/mol. The number of carboxylic acid groups (broad SMARTS) is 2. The van der Waals surface area contributed by atoms with Gasteiger partial charge in [-0.1, -0.05) is 11.6 Å². The van der Waals surface area contributed by atoms with Crippen molar-refractivity contribution in [3.8, 4) is 0 Å². The number of piperidine rings is 1. The van der Waals surface area contributed by atoms with Gasteiger partial charge in [-0.3, -0.25) is 19.3 Å². The molecule has 0 saturated carbocycles. The SMILES string of the molecule is Cn1cc(C(=O)N2CCC(CC(=O)Nc3ccc4cc3CCc3cncc(c3)Nc3ncc(Cl)c(n3)N4)CC2)cn1.O=C(O)C(F)(F)F.O=C(O)C(F)(F)F. The fourth-order valence-electron chi connectivity index (χ4n) is 5.27. The van der Waals surface area contributed by atoms with Crippen LogP contribution < -0.4 is 16.0 Å². The van der Waals surface area contributed by atoms with E-state index in [2.05, 4.69) is 36.0 Å². The number of alkyl halides is 6. The molecule has 2 aliphatic heterocycles. The smallest absolute Gasteiger partial charge is 0.475 e. The van der Waals surface area contributed by atoms with E-state index >= 15 is 0 Å². The lowest BCUT2D eigenvalue weighted by Crippen LogP contribution is -2.39. The Kier molecular flexibility index (Phi) is 13.6. The van der Waals surface area contributed by atoms with Gasteiger partial charge in [0.25, 0.3) is 5.91 Å². The average Bonchev–Trinajstić information content (AvgIpc) is 3.55. The number of nitrogens with zero attached hydrogens (tertiary/aromatic N) is 6. The molecule has 22 heteroatoms. The van der Waals surface area contributed by atoms with Crippen LogP contribution in [0.4, 0.5) is 55.2 Å². The minimum Gasteiger partial charge on any atom is -0.475 e. The van der Waals surface area contributed by atoms with Gasteiger partial charge in [-0.05, 0) is 67.0 Å². The number of amides is 2. The van der Waals surface area contributed by atoms with E-state index in [1.807, 2.05) is 35.4 Å². The summed E-state index contributed by atoms with van der Waals surface area (Å²) in [5.41, 5.74) is 4.99. The summed E-state index contributed by atoms with van der Waals surface area (Å²) in [6.07, 6.45) is 1.68. The monoisotopic (exact) mass is 799 g/mol. The van der Waals surface area contributed by atoms with E-state index in [1.54, 1.807) is 36.5 Å². The summed E-state index contributed by atoms with van der Waals surface area (Å²) in [5, 5.41) is 28.3. The van der Waals surface area contributed by atoms with Gasteiger partial charge in [-0.2, -0.15) is 36.4 Å². The normalized spacial score (nSPS) is 14.1. The maximum atomic E-state index is 13.1. The summed E-state index contributed by atoms with van der Waals surface area (Å²) in [5.74, 6) is -4.45. The molecule has 1 fully saturated rings. The molecule has 5 N–H and O–H groups in total. The maximum absolute atomic E-state index is 13.1. The molecule has 2 amide bonds. The Labute approximate surface area is 312 Å². The van der Waals surface area contributed by atoms with Gasteiger partial charge in [-0.25, -0.2) is 14.6 Å². The first-order valence-corrected chi connectivity index (χ1v) is 16.5. The van der Waals surface area contributed by atoms with Gasteiger partial charge in [0.05, 0.1) is 29.8 Å². The fourth-order valence-corrected chi connectivity index (χ4v) is 5.41. The Morgan fingerprint density at radius 3 is 2.16 bits per heavy atom. The van der Waals surface area contributed by atoms with Gasteiger partial charge < -0.3 is 31.1 Å². The number of carbonyl (C=O) groups excluding carboxylic acids is 2. The standard InChI is InChI=1S/C29H30ClN9O2.2C2HF3O2/c1-38-17-21(14-33-38)28(41)39-8-6-18(7-9-39)11-26(40)36-25-5-4-22-12-20(25)3-2-19-10-23(15-31-13-19)35-29-32-16-24(30)27(34-22)37-29;2*3-2(4,5)1(6)7/h4-5,10,12-18H,2-3,6-9,11H2,1H3,(H,36,40)(H2,32,34,35,37);2*(H,6,7). The first kappa shape index (κ1) is 41.8. The fraction of sp³-hybridized carbons (Fsp3) is 0.333. The minimum atomic E-state index is -5.08. The highest BCUT2D eigenvalue weighted by atomic mass is 35.5. The zero-order valence-electron chi connectivity index (χ0n) is 28.6. The van der Waals surface area contributed by atoms with E-state index in [-0.39, 0.29) is 17.7 Å².